The molecule has 10 heteroatoms. The maximum Gasteiger partial charge on any atom is 0.229 e. The molecular weight excluding hydrogens is 494 g/mol. The Bertz CT molecular complexity index is 1340. The molecule has 0 spiro atoms. The smallest absolute Gasteiger partial charge is 0.229 e. The number of nitrogens with one attached hydrogen (secondary N) is 2. The van der Waals surface area contributed by atoms with E-state index in [0.717, 1.165) is 23.2 Å². The van der Waals surface area contributed by atoms with E-state index in [1.807, 2.05) is 30.3 Å². The van der Waals surface area contributed by atoms with E-state index in [9.17, 15) is 8.42 Å². The van der Waals surface area contributed by atoms with Gasteiger partial charge in [0.1, 0.15) is 5.75 Å². The Balaban J connectivity index is 1.55. The molecule has 0 unspecified atom stereocenters. The van der Waals surface area contributed by atoms with Crippen LogP contribution in [-0.4, -0.2) is 36.4 Å². The van der Waals surface area contributed by atoms with Crippen molar-refractivity contribution in [3.8, 4) is 5.75 Å². The van der Waals surface area contributed by atoms with Crippen LogP contribution in [0.3, 0.4) is 0 Å². The minimum Gasteiger partial charge on any atom is -0.494 e. The third-order valence-corrected chi connectivity index (χ3v) is 7.84. The molecule has 1 aromatic carbocycles. The molecule has 36 heavy (non-hydrogen) atoms. The van der Waals surface area contributed by atoms with Gasteiger partial charge in [-0.15, -0.1) is 0 Å². The first kappa shape index (κ1) is 24.6. The fourth-order valence-electron chi connectivity index (χ4n) is 5.30. The average Bonchev–Trinajstić information content (AvgIpc) is 3.49. The Hall–Kier alpha value is -3.11. The zero-order valence-corrected chi connectivity index (χ0v) is 22.1. The van der Waals surface area contributed by atoms with Crippen LogP contribution < -0.4 is 19.7 Å². The fraction of sp³-hybridized carbons (Fsp3) is 0.385. The summed E-state index contributed by atoms with van der Waals surface area (Å²) < 4.78 is 34.0. The van der Waals surface area contributed by atoms with Crippen molar-refractivity contribution in [3.63, 3.8) is 0 Å². The van der Waals surface area contributed by atoms with Gasteiger partial charge in [-0.3, -0.25) is 9.71 Å². The van der Waals surface area contributed by atoms with Gasteiger partial charge in [-0.25, -0.2) is 8.42 Å². The number of methoxy groups -OCH3 is 1. The third kappa shape index (κ3) is 5.05. The molecule has 2 fully saturated rings. The molecular formula is C26H31N5O3S2. The molecule has 5 rings (SSSR count). The molecule has 0 radical (unpaired) electrons. The molecule has 1 saturated carbocycles. The van der Waals surface area contributed by atoms with Crippen LogP contribution in [0.25, 0.3) is 0 Å². The summed E-state index contributed by atoms with van der Waals surface area (Å²) in [5.41, 5.74) is 3.22. The summed E-state index contributed by atoms with van der Waals surface area (Å²) in [4.78, 5) is 6.70. The number of benzene rings is 1. The van der Waals surface area contributed by atoms with E-state index in [4.69, 9.17) is 17.0 Å². The van der Waals surface area contributed by atoms with E-state index in [1.165, 1.54) is 39.2 Å². The second kappa shape index (κ2) is 10.1. The van der Waals surface area contributed by atoms with E-state index in [-0.39, 0.29) is 12.1 Å². The van der Waals surface area contributed by atoms with Gasteiger partial charge in [0.2, 0.25) is 10.0 Å². The van der Waals surface area contributed by atoms with E-state index in [2.05, 4.69) is 42.9 Å². The minimum atomic E-state index is -3.45. The van der Waals surface area contributed by atoms with Gasteiger partial charge in [0.05, 0.1) is 36.8 Å². The molecule has 1 aliphatic heterocycles. The highest BCUT2D eigenvalue weighted by atomic mass is 32.2. The van der Waals surface area contributed by atoms with Crippen LogP contribution in [0.2, 0.25) is 0 Å². The van der Waals surface area contributed by atoms with Gasteiger partial charge in [-0.2, -0.15) is 0 Å². The summed E-state index contributed by atoms with van der Waals surface area (Å²) >= 11 is 5.84. The molecule has 1 saturated heterocycles. The number of ether oxygens (including phenoxy) is 1. The lowest BCUT2D eigenvalue weighted by Gasteiger charge is -2.28. The number of rotatable bonds is 7. The van der Waals surface area contributed by atoms with E-state index >= 15 is 0 Å². The van der Waals surface area contributed by atoms with Gasteiger partial charge in [-0.05, 0) is 61.0 Å². The first-order chi connectivity index (χ1) is 17.3. The molecule has 2 aromatic heterocycles. The minimum absolute atomic E-state index is 0.143. The summed E-state index contributed by atoms with van der Waals surface area (Å²) in [5.74, 6) is 0.417. The SMILES string of the molecule is COc1cc(N2C(=S)N[C@@H](c3ccccn3)[C@H]2c2ccn(C3CCCCC3)c2)ccc1NS(C)(=O)=O. The van der Waals surface area contributed by atoms with Crippen molar-refractivity contribution in [3.05, 3.63) is 72.3 Å². The Morgan fingerprint density at radius 3 is 2.64 bits per heavy atom. The predicted octanol–water partition coefficient (Wildman–Crippen LogP) is 4.95. The third-order valence-electron chi connectivity index (χ3n) is 6.93. The molecule has 2 aliphatic rings. The molecule has 190 valence electrons. The van der Waals surface area contributed by atoms with Gasteiger partial charge in [-0.1, -0.05) is 25.3 Å². The highest BCUT2D eigenvalue weighted by Crippen LogP contribution is 2.44. The Labute approximate surface area is 217 Å². The average molecular weight is 526 g/mol. The molecule has 2 atom stereocenters. The van der Waals surface area contributed by atoms with Crippen LogP contribution in [0.15, 0.2) is 61.1 Å². The van der Waals surface area contributed by atoms with E-state index in [0.29, 0.717) is 22.6 Å². The monoisotopic (exact) mass is 525 g/mol. The highest BCUT2D eigenvalue weighted by Gasteiger charge is 2.41. The quantitative estimate of drug-likeness (QED) is 0.422. The largest absolute Gasteiger partial charge is 0.494 e. The lowest BCUT2D eigenvalue weighted by molar-refractivity contribution is 0.353. The number of pyridine rings is 1. The van der Waals surface area contributed by atoms with Crippen molar-refractivity contribution in [1.29, 1.82) is 0 Å². The first-order valence-electron chi connectivity index (χ1n) is 12.2. The van der Waals surface area contributed by atoms with E-state index < -0.39 is 10.0 Å². The number of sulfonamides is 1. The number of hydrogen-bond donors (Lipinski definition) is 2. The zero-order chi connectivity index (χ0) is 25.3. The van der Waals surface area contributed by atoms with Crippen molar-refractivity contribution in [2.24, 2.45) is 0 Å². The lowest BCUT2D eigenvalue weighted by atomic mass is 9.95. The normalized spacial score (nSPS) is 20.8. The van der Waals surface area contributed by atoms with Gasteiger partial charge in [0.25, 0.3) is 0 Å². The summed E-state index contributed by atoms with van der Waals surface area (Å²) in [6.45, 7) is 0. The van der Waals surface area contributed by atoms with Crippen molar-refractivity contribution in [2.75, 3.05) is 23.0 Å². The second-order valence-corrected chi connectivity index (χ2v) is 11.6. The molecule has 1 aliphatic carbocycles. The Morgan fingerprint density at radius 2 is 1.94 bits per heavy atom. The highest BCUT2D eigenvalue weighted by molar-refractivity contribution is 7.92. The summed E-state index contributed by atoms with van der Waals surface area (Å²) in [5, 5.41) is 4.06. The van der Waals surface area contributed by atoms with Crippen molar-refractivity contribution >= 4 is 38.7 Å². The topological polar surface area (TPSA) is 88.5 Å². The van der Waals surface area contributed by atoms with Crippen LogP contribution in [0.1, 0.15) is 61.5 Å². The second-order valence-electron chi connectivity index (χ2n) is 9.44. The van der Waals surface area contributed by atoms with Crippen LogP contribution in [0.4, 0.5) is 11.4 Å². The fourth-order valence-corrected chi connectivity index (χ4v) is 6.21. The number of aromatic nitrogens is 2. The summed E-state index contributed by atoms with van der Waals surface area (Å²) in [6.07, 6.45) is 13.6. The molecule has 3 heterocycles. The van der Waals surface area contributed by atoms with Crippen molar-refractivity contribution < 1.29 is 13.2 Å². The summed E-state index contributed by atoms with van der Waals surface area (Å²) in [6, 6.07) is 13.7. The number of hydrogen-bond acceptors (Lipinski definition) is 5. The van der Waals surface area contributed by atoms with Gasteiger partial charge in [0.15, 0.2) is 5.11 Å². The Kier molecular flexibility index (Phi) is 6.90. The number of thiocarbonyl (C=S) groups is 1. The maximum atomic E-state index is 11.8. The summed E-state index contributed by atoms with van der Waals surface area (Å²) in [7, 11) is -1.93. The van der Waals surface area contributed by atoms with E-state index in [1.54, 1.807) is 12.3 Å². The van der Waals surface area contributed by atoms with Gasteiger partial charge >= 0.3 is 0 Å². The predicted molar refractivity (Wildman–Crippen MR) is 146 cm³/mol. The van der Waals surface area contributed by atoms with Crippen LogP contribution in [0, 0.1) is 0 Å². The zero-order valence-electron chi connectivity index (χ0n) is 20.4. The van der Waals surface area contributed by atoms with Crippen molar-refractivity contribution in [2.45, 2.75) is 50.2 Å². The van der Waals surface area contributed by atoms with Gasteiger partial charge < -0.3 is 19.5 Å². The Morgan fingerprint density at radius 1 is 1.14 bits per heavy atom. The number of anilines is 2. The van der Waals surface area contributed by atoms with Gasteiger partial charge in [0, 0.05) is 36.4 Å². The molecule has 0 bridgehead atoms. The van der Waals surface area contributed by atoms with Crippen LogP contribution in [-0.2, 0) is 10.0 Å². The number of nitrogens with zero attached hydrogens (tertiary/aromatic N) is 3. The molecule has 0 amide bonds. The van der Waals surface area contributed by atoms with Crippen LogP contribution >= 0.6 is 12.2 Å². The first-order valence-corrected chi connectivity index (χ1v) is 14.5. The molecule has 2 N–H and O–H groups in total. The van der Waals surface area contributed by atoms with Crippen molar-refractivity contribution in [1.82, 2.24) is 14.9 Å². The standard InChI is InChI=1S/C26H31N5O3S2/c1-34-23-16-20(11-12-21(23)29-36(2,32)33)31-25(24(28-26(31)35)22-10-6-7-14-27-22)18-13-15-30(17-18)19-8-4-3-5-9-19/h6-7,10-17,19,24-25,29H,3-5,8-9H2,1-2H3,(H,28,35)/t24-,25+/m0/s1. The lowest BCUT2D eigenvalue weighted by Crippen LogP contribution is -2.29. The maximum absolute atomic E-state index is 11.8. The molecule has 8 nitrogen and oxygen atoms in total. The molecule has 3 aromatic rings. The van der Waals surface area contributed by atoms with Crippen LogP contribution in [0.5, 0.6) is 5.75 Å².